The Morgan fingerprint density at radius 3 is 2.45 bits per heavy atom. The first-order valence-corrected chi connectivity index (χ1v) is 13.0. The van der Waals surface area contributed by atoms with Gasteiger partial charge in [0, 0.05) is 36.9 Å². The first-order chi connectivity index (χ1) is 18.9. The molecule has 0 unspecified atom stereocenters. The van der Waals surface area contributed by atoms with Crippen molar-refractivity contribution in [2.24, 2.45) is 0 Å². The van der Waals surface area contributed by atoms with Crippen LogP contribution in [0.25, 0.3) is 0 Å². The summed E-state index contributed by atoms with van der Waals surface area (Å²) in [5.74, 6) is -1.34. The summed E-state index contributed by atoms with van der Waals surface area (Å²) < 4.78 is 63.8. The van der Waals surface area contributed by atoms with Crippen molar-refractivity contribution in [3.8, 4) is 5.75 Å². The quantitative estimate of drug-likeness (QED) is 0.291. The third-order valence-corrected chi connectivity index (χ3v) is 6.71. The van der Waals surface area contributed by atoms with Gasteiger partial charge in [0.1, 0.15) is 17.6 Å². The molecule has 7 nitrogen and oxygen atoms in total. The number of carboxylic acid groups (broad SMARTS) is 1. The van der Waals surface area contributed by atoms with E-state index in [9.17, 15) is 32.3 Å². The summed E-state index contributed by atoms with van der Waals surface area (Å²) >= 11 is 0. The van der Waals surface area contributed by atoms with Crippen LogP contribution in [-0.2, 0) is 23.8 Å². The number of halogens is 4. The maximum Gasteiger partial charge on any atom is 0.418 e. The Labute approximate surface area is 229 Å². The summed E-state index contributed by atoms with van der Waals surface area (Å²) in [6, 6.07) is 14.1. The standard InChI is InChI=1S/C29H31F4N3O4/c1-18(2)36-21(11-13-40-22-6-4-3-5-7-22)8-9-25(36)28(39)34-24-14-19(15-27(37)38)26(16-23(24)29(31,32)33)35-12-10-20(30)17-35/h3-9,14,16,18,20H,10-13,15,17H2,1-2H3,(H,34,39)(H,37,38)/t20-/m1/s1. The highest BCUT2D eigenvalue weighted by molar-refractivity contribution is 6.04. The molecule has 3 aromatic rings. The third-order valence-electron chi connectivity index (χ3n) is 6.71. The van der Waals surface area contributed by atoms with Gasteiger partial charge >= 0.3 is 12.1 Å². The lowest BCUT2D eigenvalue weighted by molar-refractivity contribution is -0.137. The lowest BCUT2D eigenvalue weighted by atomic mass is 10.0. The molecule has 2 heterocycles. The lowest BCUT2D eigenvalue weighted by Crippen LogP contribution is -2.25. The molecule has 0 saturated carbocycles. The number of amides is 1. The van der Waals surface area contributed by atoms with Crippen LogP contribution in [0.15, 0.2) is 54.6 Å². The summed E-state index contributed by atoms with van der Waals surface area (Å²) in [6.45, 7) is 4.07. The maximum absolute atomic E-state index is 14.2. The maximum atomic E-state index is 14.2. The summed E-state index contributed by atoms with van der Waals surface area (Å²) in [5, 5.41) is 11.8. The number of aliphatic carboxylic acids is 1. The minimum absolute atomic E-state index is 0.000804. The van der Waals surface area contributed by atoms with Gasteiger partial charge in [-0.05, 0) is 62.2 Å². The summed E-state index contributed by atoms with van der Waals surface area (Å²) in [6.07, 6.45) is -6.07. The van der Waals surface area contributed by atoms with Crippen LogP contribution in [0.3, 0.4) is 0 Å². The van der Waals surface area contributed by atoms with E-state index in [0.29, 0.717) is 18.8 Å². The lowest BCUT2D eigenvalue weighted by Gasteiger charge is -2.25. The van der Waals surface area contributed by atoms with Gasteiger partial charge in [-0.25, -0.2) is 4.39 Å². The number of carbonyl (C=O) groups excluding carboxylic acids is 1. The molecule has 214 valence electrons. The van der Waals surface area contributed by atoms with Crippen LogP contribution in [0.4, 0.5) is 28.9 Å². The van der Waals surface area contributed by atoms with E-state index in [4.69, 9.17) is 4.74 Å². The van der Waals surface area contributed by atoms with Crippen molar-refractivity contribution in [3.63, 3.8) is 0 Å². The van der Waals surface area contributed by atoms with E-state index < -0.39 is 41.9 Å². The number of anilines is 2. The molecule has 1 aliphatic rings. The first kappa shape index (κ1) is 29.0. The Balaban J connectivity index is 1.63. The molecule has 1 fully saturated rings. The average molecular weight is 562 g/mol. The molecule has 0 bridgehead atoms. The van der Waals surface area contributed by atoms with Gasteiger partial charge in [-0.2, -0.15) is 13.2 Å². The molecule has 1 saturated heterocycles. The molecule has 0 spiro atoms. The van der Waals surface area contributed by atoms with E-state index in [2.05, 4.69) is 5.32 Å². The van der Waals surface area contributed by atoms with Crippen LogP contribution in [0.5, 0.6) is 5.75 Å². The molecule has 0 radical (unpaired) electrons. The molecular formula is C29H31F4N3O4. The van der Waals surface area contributed by atoms with E-state index in [1.165, 1.54) is 4.90 Å². The molecule has 1 atom stereocenters. The smallest absolute Gasteiger partial charge is 0.418 e. The monoisotopic (exact) mass is 561 g/mol. The number of hydrogen-bond donors (Lipinski definition) is 2. The van der Waals surface area contributed by atoms with Crippen LogP contribution in [-0.4, -0.2) is 47.4 Å². The molecule has 40 heavy (non-hydrogen) atoms. The molecule has 1 aliphatic heterocycles. The van der Waals surface area contributed by atoms with E-state index >= 15 is 0 Å². The van der Waals surface area contributed by atoms with Crippen molar-refractivity contribution in [1.29, 1.82) is 0 Å². The van der Waals surface area contributed by atoms with Crippen LogP contribution >= 0.6 is 0 Å². The van der Waals surface area contributed by atoms with Gasteiger partial charge in [0.2, 0.25) is 0 Å². The molecule has 1 aromatic heterocycles. The third kappa shape index (κ3) is 6.75. The van der Waals surface area contributed by atoms with Gasteiger partial charge < -0.3 is 24.6 Å². The van der Waals surface area contributed by atoms with Gasteiger partial charge in [-0.1, -0.05) is 18.2 Å². The molecule has 2 aromatic carbocycles. The number of nitrogens with one attached hydrogen (secondary N) is 1. The number of hydrogen-bond acceptors (Lipinski definition) is 4. The Kier molecular flexibility index (Phi) is 8.70. The Morgan fingerprint density at radius 2 is 1.85 bits per heavy atom. The predicted octanol–water partition coefficient (Wildman–Crippen LogP) is 6.14. The van der Waals surface area contributed by atoms with Crippen molar-refractivity contribution in [3.05, 3.63) is 77.1 Å². The molecule has 4 rings (SSSR count). The largest absolute Gasteiger partial charge is 0.493 e. The highest BCUT2D eigenvalue weighted by atomic mass is 19.4. The van der Waals surface area contributed by atoms with Gasteiger partial charge in [0.05, 0.1) is 24.3 Å². The second-order valence-corrected chi connectivity index (χ2v) is 9.97. The zero-order valence-electron chi connectivity index (χ0n) is 22.2. The highest BCUT2D eigenvalue weighted by Crippen LogP contribution is 2.40. The predicted molar refractivity (Wildman–Crippen MR) is 143 cm³/mol. The van der Waals surface area contributed by atoms with Crippen molar-refractivity contribution < 1.29 is 37.0 Å². The fourth-order valence-electron chi connectivity index (χ4n) is 4.97. The van der Waals surface area contributed by atoms with Gasteiger partial charge in [0.25, 0.3) is 5.91 Å². The molecule has 2 N–H and O–H groups in total. The number of ether oxygens (including phenoxy) is 1. The van der Waals surface area contributed by atoms with Gasteiger partial charge in [-0.3, -0.25) is 9.59 Å². The number of carbonyl (C=O) groups is 2. The Bertz CT molecular complexity index is 1360. The van der Waals surface area contributed by atoms with E-state index in [-0.39, 0.29) is 42.5 Å². The number of benzene rings is 2. The van der Waals surface area contributed by atoms with Crippen molar-refractivity contribution >= 4 is 23.3 Å². The number of alkyl halides is 4. The number of carboxylic acids is 1. The minimum Gasteiger partial charge on any atom is -0.493 e. The number of rotatable bonds is 10. The average Bonchev–Trinajstić information content (AvgIpc) is 3.50. The second kappa shape index (κ2) is 12.0. The van der Waals surface area contributed by atoms with Crippen molar-refractivity contribution in [2.45, 2.75) is 51.5 Å². The minimum atomic E-state index is -4.85. The van der Waals surface area contributed by atoms with E-state index in [1.54, 1.807) is 16.7 Å². The number of nitrogens with zero attached hydrogens (tertiary/aromatic N) is 2. The van der Waals surface area contributed by atoms with Crippen LogP contribution in [0, 0.1) is 0 Å². The zero-order valence-corrected chi connectivity index (χ0v) is 22.2. The summed E-state index contributed by atoms with van der Waals surface area (Å²) in [5.41, 5.74) is -0.710. The number of para-hydroxylation sites is 1. The Hall–Kier alpha value is -4.02. The van der Waals surface area contributed by atoms with E-state index in [0.717, 1.165) is 17.8 Å². The zero-order chi connectivity index (χ0) is 29.0. The first-order valence-electron chi connectivity index (χ1n) is 13.0. The Morgan fingerprint density at radius 1 is 1.12 bits per heavy atom. The van der Waals surface area contributed by atoms with Crippen LogP contribution < -0.4 is 15.0 Å². The fourth-order valence-corrected chi connectivity index (χ4v) is 4.97. The van der Waals surface area contributed by atoms with E-state index in [1.807, 2.05) is 44.2 Å². The molecule has 0 aliphatic carbocycles. The van der Waals surface area contributed by atoms with Crippen molar-refractivity contribution in [1.82, 2.24) is 4.57 Å². The molecule has 11 heteroatoms. The van der Waals surface area contributed by atoms with Crippen molar-refractivity contribution in [2.75, 3.05) is 29.9 Å². The van der Waals surface area contributed by atoms with Gasteiger partial charge in [-0.15, -0.1) is 0 Å². The number of aromatic nitrogens is 1. The summed E-state index contributed by atoms with van der Waals surface area (Å²) in [7, 11) is 0. The molecule has 1 amide bonds. The topological polar surface area (TPSA) is 83.8 Å². The van der Waals surface area contributed by atoms with Crippen LogP contribution in [0.1, 0.15) is 53.6 Å². The summed E-state index contributed by atoms with van der Waals surface area (Å²) in [4.78, 5) is 26.3. The normalized spacial score (nSPS) is 15.5. The SMILES string of the molecule is CC(C)n1c(CCOc2ccccc2)ccc1C(=O)Nc1cc(CC(=O)O)c(N2CC[C@@H](F)C2)cc1C(F)(F)F. The highest BCUT2D eigenvalue weighted by Gasteiger charge is 2.37. The molecular weight excluding hydrogens is 530 g/mol. The fraction of sp³-hybridized carbons (Fsp3) is 0.379. The van der Waals surface area contributed by atoms with Gasteiger partial charge in [0.15, 0.2) is 0 Å². The van der Waals surface area contributed by atoms with Crippen LogP contribution in [0.2, 0.25) is 0 Å². The second-order valence-electron chi connectivity index (χ2n) is 9.97.